The highest BCUT2D eigenvalue weighted by Crippen LogP contribution is 2.35. The first-order valence-corrected chi connectivity index (χ1v) is 9.96. The molecule has 4 rings (SSSR count). The molecule has 2 aliphatic rings. The van der Waals surface area contributed by atoms with Crippen LogP contribution in [0.5, 0.6) is 0 Å². The van der Waals surface area contributed by atoms with Crippen LogP contribution < -0.4 is 5.32 Å². The van der Waals surface area contributed by atoms with Crippen LogP contribution in [0.1, 0.15) is 16.7 Å². The number of piperazine rings is 1. The normalized spacial score (nSPS) is 19.5. The highest BCUT2D eigenvalue weighted by molar-refractivity contribution is 6.34. The van der Waals surface area contributed by atoms with Crippen LogP contribution in [0, 0.1) is 0 Å². The van der Waals surface area contributed by atoms with E-state index in [-0.39, 0.29) is 5.54 Å². The van der Waals surface area contributed by atoms with E-state index in [1.165, 1.54) is 11.1 Å². The summed E-state index contributed by atoms with van der Waals surface area (Å²) < 4.78 is 6.22. The zero-order valence-corrected chi connectivity index (χ0v) is 16.3. The summed E-state index contributed by atoms with van der Waals surface area (Å²) in [6, 6.07) is 14.4. The fourth-order valence-corrected chi connectivity index (χ4v) is 4.85. The number of hydrogen-bond donors (Lipinski definition) is 1. The molecule has 138 valence electrons. The van der Waals surface area contributed by atoms with E-state index in [0.717, 1.165) is 44.6 Å². The summed E-state index contributed by atoms with van der Waals surface area (Å²) in [5, 5.41) is 4.77. The molecule has 0 aromatic heterocycles. The Labute approximate surface area is 165 Å². The third kappa shape index (κ3) is 3.92. The predicted octanol–water partition coefficient (Wildman–Crippen LogP) is 3.95. The number of fused-ring (bicyclic) bond motifs is 1. The Bertz CT molecular complexity index is 729. The van der Waals surface area contributed by atoms with Crippen LogP contribution in [0.25, 0.3) is 0 Å². The number of rotatable bonds is 5. The van der Waals surface area contributed by atoms with E-state index in [1.807, 2.05) is 12.1 Å². The molecule has 3 nitrogen and oxygen atoms in total. The van der Waals surface area contributed by atoms with E-state index in [1.54, 1.807) is 6.07 Å². The summed E-state index contributed by atoms with van der Waals surface area (Å²) in [5.41, 5.74) is 3.99. The molecule has 0 unspecified atom stereocenters. The van der Waals surface area contributed by atoms with Crippen molar-refractivity contribution < 1.29 is 4.74 Å². The Hall–Kier alpha value is -1.10. The molecule has 1 saturated heterocycles. The zero-order valence-electron chi connectivity index (χ0n) is 14.8. The molecule has 26 heavy (non-hydrogen) atoms. The van der Waals surface area contributed by atoms with Crippen LogP contribution in [0.2, 0.25) is 10.0 Å². The highest BCUT2D eigenvalue weighted by Gasteiger charge is 2.42. The Balaban J connectivity index is 1.49. The van der Waals surface area contributed by atoms with E-state index in [4.69, 9.17) is 27.9 Å². The van der Waals surface area contributed by atoms with Gasteiger partial charge >= 0.3 is 0 Å². The second-order valence-corrected chi connectivity index (χ2v) is 8.23. The molecule has 1 N–H and O–H groups in total. The first-order chi connectivity index (χ1) is 12.6. The van der Waals surface area contributed by atoms with Gasteiger partial charge in [-0.3, -0.25) is 4.90 Å². The average molecular weight is 391 g/mol. The molecule has 1 fully saturated rings. The third-order valence-electron chi connectivity index (χ3n) is 5.51. The summed E-state index contributed by atoms with van der Waals surface area (Å²) >= 11 is 12.2. The van der Waals surface area contributed by atoms with Crippen LogP contribution in [0.15, 0.2) is 42.5 Å². The number of ether oxygens (including phenoxy) is 1. The lowest BCUT2D eigenvalue weighted by Gasteiger charge is -2.43. The lowest BCUT2D eigenvalue weighted by atomic mass is 9.93. The van der Waals surface area contributed by atoms with Gasteiger partial charge in [0, 0.05) is 36.2 Å². The van der Waals surface area contributed by atoms with Crippen molar-refractivity contribution in [3.8, 4) is 0 Å². The summed E-state index contributed by atoms with van der Waals surface area (Å²) in [7, 11) is 0. The van der Waals surface area contributed by atoms with Gasteiger partial charge in [0.05, 0.1) is 18.8 Å². The predicted molar refractivity (Wildman–Crippen MR) is 107 cm³/mol. The van der Waals surface area contributed by atoms with Gasteiger partial charge in [-0.15, -0.1) is 0 Å². The second-order valence-electron chi connectivity index (χ2n) is 7.35. The lowest BCUT2D eigenvalue weighted by Crippen LogP contribution is -2.59. The first kappa shape index (κ1) is 18.3. The van der Waals surface area contributed by atoms with Crippen LogP contribution in [0.4, 0.5) is 0 Å². The second kappa shape index (κ2) is 7.87. The van der Waals surface area contributed by atoms with E-state index in [9.17, 15) is 0 Å². The van der Waals surface area contributed by atoms with Crippen molar-refractivity contribution in [3.63, 3.8) is 0 Å². The molecule has 2 aromatic rings. The molecule has 5 heteroatoms. The standard InChI is InChI=1S/C21H24Cl2N2O/c22-19-9-16(10-20(23)11-19)14-26-15-21(25-7-5-24-6-8-25)12-17-3-1-2-4-18(17)13-21/h1-4,9-11,24H,5-8,12-15H2. The van der Waals surface area contributed by atoms with E-state index >= 15 is 0 Å². The topological polar surface area (TPSA) is 24.5 Å². The van der Waals surface area contributed by atoms with Gasteiger partial charge < -0.3 is 10.1 Å². The number of nitrogens with zero attached hydrogens (tertiary/aromatic N) is 1. The van der Waals surface area contributed by atoms with Gasteiger partial charge in [0.25, 0.3) is 0 Å². The van der Waals surface area contributed by atoms with Gasteiger partial charge in [-0.1, -0.05) is 47.5 Å². The van der Waals surface area contributed by atoms with E-state index in [0.29, 0.717) is 23.3 Å². The molecular weight excluding hydrogens is 367 g/mol. The quantitative estimate of drug-likeness (QED) is 0.835. The van der Waals surface area contributed by atoms with Gasteiger partial charge in [-0.05, 0) is 47.7 Å². The molecule has 1 heterocycles. The Morgan fingerprint density at radius 1 is 0.962 bits per heavy atom. The van der Waals surface area contributed by atoms with Crippen molar-refractivity contribution in [2.75, 3.05) is 32.8 Å². The highest BCUT2D eigenvalue weighted by atomic mass is 35.5. The third-order valence-corrected chi connectivity index (χ3v) is 5.94. The molecule has 0 radical (unpaired) electrons. The van der Waals surface area contributed by atoms with Crippen molar-refractivity contribution in [2.45, 2.75) is 25.0 Å². The minimum atomic E-state index is 0.0498. The van der Waals surface area contributed by atoms with Crippen molar-refractivity contribution in [1.82, 2.24) is 10.2 Å². The average Bonchev–Trinajstić information content (AvgIpc) is 3.01. The maximum atomic E-state index is 6.22. The molecule has 1 aliphatic carbocycles. The minimum Gasteiger partial charge on any atom is -0.375 e. The van der Waals surface area contributed by atoms with Gasteiger partial charge in [0.2, 0.25) is 0 Å². The molecule has 0 saturated carbocycles. The van der Waals surface area contributed by atoms with Gasteiger partial charge in [-0.25, -0.2) is 0 Å². The lowest BCUT2D eigenvalue weighted by molar-refractivity contribution is -0.0158. The smallest absolute Gasteiger partial charge is 0.0718 e. The zero-order chi connectivity index (χ0) is 18.0. The van der Waals surface area contributed by atoms with Crippen LogP contribution >= 0.6 is 23.2 Å². The SMILES string of the molecule is Clc1cc(Cl)cc(COCC2(N3CCNCC3)Cc3ccccc3C2)c1. The monoisotopic (exact) mass is 390 g/mol. The Kier molecular flexibility index (Phi) is 5.53. The molecule has 0 spiro atoms. The summed E-state index contributed by atoms with van der Waals surface area (Å²) in [6.07, 6.45) is 2.11. The van der Waals surface area contributed by atoms with Crippen molar-refractivity contribution in [2.24, 2.45) is 0 Å². The Morgan fingerprint density at radius 2 is 1.58 bits per heavy atom. The molecule has 2 aromatic carbocycles. The molecule has 0 amide bonds. The number of halogens is 2. The van der Waals surface area contributed by atoms with Gasteiger partial charge in [0.15, 0.2) is 0 Å². The molecule has 0 atom stereocenters. The molecular formula is C21H24Cl2N2O. The minimum absolute atomic E-state index is 0.0498. The first-order valence-electron chi connectivity index (χ1n) is 9.20. The van der Waals surface area contributed by atoms with Crippen molar-refractivity contribution in [1.29, 1.82) is 0 Å². The van der Waals surface area contributed by atoms with Crippen LogP contribution in [-0.4, -0.2) is 43.2 Å². The largest absolute Gasteiger partial charge is 0.375 e. The number of benzene rings is 2. The van der Waals surface area contributed by atoms with Crippen molar-refractivity contribution in [3.05, 3.63) is 69.2 Å². The fourth-order valence-electron chi connectivity index (χ4n) is 4.28. The fraction of sp³-hybridized carbons (Fsp3) is 0.429. The van der Waals surface area contributed by atoms with Gasteiger partial charge in [-0.2, -0.15) is 0 Å². The van der Waals surface area contributed by atoms with Crippen molar-refractivity contribution >= 4 is 23.2 Å². The molecule has 1 aliphatic heterocycles. The maximum Gasteiger partial charge on any atom is 0.0718 e. The van der Waals surface area contributed by atoms with E-state index in [2.05, 4.69) is 34.5 Å². The number of nitrogens with one attached hydrogen (secondary N) is 1. The Morgan fingerprint density at radius 3 is 2.19 bits per heavy atom. The van der Waals surface area contributed by atoms with Crippen LogP contribution in [0.3, 0.4) is 0 Å². The van der Waals surface area contributed by atoms with Gasteiger partial charge in [0.1, 0.15) is 0 Å². The summed E-state index contributed by atoms with van der Waals surface area (Å²) in [5.74, 6) is 0. The maximum absolute atomic E-state index is 6.22. The van der Waals surface area contributed by atoms with E-state index < -0.39 is 0 Å². The van der Waals surface area contributed by atoms with Crippen LogP contribution in [-0.2, 0) is 24.2 Å². The summed E-state index contributed by atoms with van der Waals surface area (Å²) in [4.78, 5) is 2.62. The number of hydrogen-bond acceptors (Lipinski definition) is 3. The summed E-state index contributed by atoms with van der Waals surface area (Å²) in [6.45, 7) is 5.47. The molecule has 0 bridgehead atoms.